The summed E-state index contributed by atoms with van der Waals surface area (Å²) in [6, 6.07) is 9.07. The van der Waals surface area contributed by atoms with Crippen molar-refractivity contribution in [3.63, 3.8) is 0 Å². The highest BCUT2D eigenvalue weighted by molar-refractivity contribution is 7.89. The molecule has 0 aliphatic carbocycles. The van der Waals surface area contributed by atoms with Gasteiger partial charge < -0.3 is 9.47 Å². The molecule has 0 bridgehead atoms. The average Bonchev–Trinajstić information content (AvgIpc) is 3.13. The second-order valence-corrected chi connectivity index (χ2v) is 9.95. The minimum atomic E-state index is -3.75. The van der Waals surface area contributed by atoms with Gasteiger partial charge in [0, 0.05) is 32.2 Å². The predicted molar refractivity (Wildman–Crippen MR) is 115 cm³/mol. The van der Waals surface area contributed by atoms with Gasteiger partial charge in [0.05, 0.1) is 23.0 Å². The van der Waals surface area contributed by atoms with Gasteiger partial charge in [0.15, 0.2) is 11.5 Å². The zero-order chi connectivity index (χ0) is 23.2. The molecule has 174 valence electrons. The molecule has 2 saturated heterocycles. The molecule has 0 radical (unpaired) electrons. The molecule has 33 heavy (non-hydrogen) atoms. The molecule has 0 N–H and O–H groups in total. The van der Waals surface area contributed by atoms with Gasteiger partial charge in [0.25, 0.3) is 5.91 Å². The fourth-order valence-electron chi connectivity index (χ4n) is 4.35. The van der Waals surface area contributed by atoms with Crippen LogP contribution < -0.4 is 14.4 Å². The Hall–Kier alpha value is -3.02. The molecule has 3 aliphatic heterocycles. The third-order valence-corrected chi connectivity index (χ3v) is 7.97. The Balaban J connectivity index is 1.27. The number of nitrogens with zero attached hydrogens (tertiary/aromatic N) is 3. The zero-order valence-electron chi connectivity index (χ0n) is 17.6. The summed E-state index contributed by atoms with van der Waals surface area (Å²) in [5, 5.41) is 0. The first kappa shape index (κ1) is 21.8. The van der Waals surface area contributed by atoms with E-state index in [1.54, 1.807) is 6.07 Å². The van der Waals surface area contributed by atoms with E-state index in [1.165, 1.54) is 40.7 Å². The maximum atomic E-state index is 13.2. The monoisotopic (exact) mass is 475 g/mol. The second kappa shape index (κ2) is 8.40. The molecular weight excluding hydrogens is 453 g/mol. The van der Waals surface area contributed by atoms with Crippen molar-refractivity contribution in [2.24, 2.45) is 0 Å². The van der Waals surface area contributed by atoms with Crippen LogP contribution in [-0.2, 0) is 19.6 Å². The van der Waals surface area contributed by atoms with E-state index < -0.39 is 21.9 Å². The van der Waals surface area contributed by atoms with Crippen molar-refractivity contribution in [2.75, 3.05) is 44.3 Å². The highest BCUT2D eigenvalue weighted by Crippen LogP contribution is 2.34. The van der Waals surface area contributed by atoms with Crippen molar-refractivity contribution >= 4 is 27.5 Å². The molecule has 3 heterocycles. The van der Waals surface area contributed by atoms with Crippen LogP contribution in [0, 0.1) is 5.82 Å². The van der Waals surface area contributed by atoms with E-state index in [4.69, 9.17) is 9.47 Å². The first-order valence-corrected chi connectivity index (χ1v) is 12.0. The van der Waals surface area contributed by atoms with E-state index in [1.807, 2.05) is 4.90 Å². The molecule has 2 fully saturated rings. The molecule has 11 heteroatoms. The van der Waals surface area contributed by atoms with Gasteiger partial charge in [-0.15, -0.1) is 0 Å². The Kier molecular flexibility index (Phi) is 5.55. The Morgan fingerprint density at radius 1 is 0.879 bits per heavy atom. The summed E-state index contributed by atoms with van der Waals surface area (Å²) in [6.45, 7) is 1.77. The fourth-order valence-corrected chi connectivity index (χ4v) is 5.79. The van der Waals surface area contributed by atoms with Gasteiger partial charge in [0.1, 0.15) is 19.0 Å². The first-order chi connectivity index (χ1) is 15.8. The summed E-state index contributed by atoms with van der Waals surface area (Å²) in [6.07, 6.45) is 0.00508. The van der Waals surface area contributed by atoms with E-state index in [-0.39, 0.29) is 36.2 Å². The summed E-state index contributed by atoms with van der Waals surface area (Å²) in [5.41, 5.74) is 0.328. The van der Waals surface area contributed by atoms with Crippen molar-refractivity contribution < 1.29 is 31.9 Å². The lowest BCUT2D eigenvalue weighted by Gasteiger charge is -2.36. The van der Waals surface area contributed by atoms with E-state index >= 15 is 0 Å². The molecule has 9 nitrogen and oxygen atoms in total. The minimum Gasteiger partial charge on any atom is -0.486 e. The van der Waals surface area contributed by atoms with Gasteiger partial charge >= 0.3 is 0 Å². The summed E-state index contributed by atoms with van der Waals surface area (Å²) < 4.78 is 51.8. The number of anilines is 1. The number of imide groups is 1. The predicted octanol–water partition coefficient (Wildman–Crippen LogP) is 1.24. The van der Waals surface area contributed by atoms with Crippen molar-refractivity contribution in [3.8, 4) is 11.5 Å². The number of hydrogen-bond acceptors (Lipinski definition) is 7. The van der Waals surface area contributed by atoms with Gasteiger partial charge in [-0.1, -0.05) is 0 Å². The lowest BCUT2D eigenvalue weighted by molar-refractivity contribution is -0.123. The number of ether oxygens (including phenoxy) is 2. The molecule has 2 amide bonds. The second-order valence-electron chi connectivity index (χ2n) is 8.01. The molecule has 0 saturated carbocycles. The van der Waals surface area contributed by atoms with Gasteiger partial charge in [-0.05, 0) is 36.4 Å². The van der Waals surface area contributed by atoms with Gasteiger partial charge in [-0.25, -0.2) is 17.7 Å². The lowest BCUT2D eigenvalue weighted by Crippen LogP contribution is -2.53. The molecule has 0 aromatic heterocycles. The van der Waals surface area contributed by atoms with Gasteiger partial charge in [-0.2, -0.15) is 4.31 Å². The largest absolute Gasteiger partial charge is 0.486 e. The highest BCUT2D eigenvalue weighted by Gasteiger charge is 2.44. The van der Waals surface area contributed by atoms with Crippen LogP contribution in [0.15, 0.2) is 47.4 Å². The van der Waals surface area contributed by atoms with Crippen LogP contribution in [0.2, 0.25) is 0 Å². The normalized spacial score (nSPS) is 22.1. The van der Waals surface area contributed by atoms with Crippen molar-refractivity contribution in [3.05, 3.63) is 48.3 Å². The van der Waals surface area contributed by atoms with Gasteiger partial charge in [-0.3, -0.25) is 14.5 Å². The number of hydrogen-bond donors (Lipinski definition) is 0. The summed E-state index contributed by atoms with van der Waals surface area (Å²) >= 11 is 0. The maximum Gasteiger partial charge on any atom is 0.251 e. The van der Waals surface area contributed by atoms with Crippen LogP contribution in [0.4, 0.5) is 10.1 Å². The molecule has 2 aromatic carbocycles. The van der Waals surface area contributed by atoms with E-state index in [2.05, 4.69) is 0 Å². The zero-order valence-corrected chi connectivity index (χ0v) is 18.5. The first-order valence-electron chi connectivity index (χ1n) is 10.6. The van der Waals surface area contributed by atoms with Crippen molar-refractivity contribution in [2.45, 2.75) is 17.4 Å². The third-order valence-electron chi connectivity index (χ3n) is 6.07. The topological polar surface area (TPSA) is 96.5 Å². The molecule has 5 rings (SSSR count). The average molecular weight is 475 g/mol. The SMILES string of the molecule is O=C1C[C@@H](N2CCN(S(=O)(=O)c3ccc4c(c3)OCCO4)CC2)C(=O)N1c1ccc(F)cc1. The maximum absolute atomic E-state index is 13.2. The summed E-state index contributed by atoms with van der Waals surface area (Å²) in [7, 11) is -3.75. The number of benzene rings is 2. The number of sulfonamides is 1. The number of fused-ring (bicyclic) bond motifs is 1. The Labute approximate surface area is 190 Å². The minimum absolute atomic E-state index is 0.00508. The standard InChI is InChI=1S/C22H22FN3O6S/c23-15-1-3-16(4-2-15)26-21(27)14-18(22(26)28)24-7-9-25(10-8-24)33(29,30)17-5-6-19-20(13-17)32-12-11-31-19/h1-6,13,18H,7-12,14H2/t18-/m1/s1. The molecule has 2 aromatic rings. The smallest absolute Gasteiger partial charge is 0.251 e. The molecule has 3 aliphatic rings. The van der Waals surface area contributed by atoms with E-state index in [0.717, 1.165) is 4.90 Å². The van der Waals surface area contributed by atoms with E-state index in [9.17, 15) is 22.4 Å². The molecular formula is C22H22FN3O6S. The van der Waals surface area contributed by atoms with Crippen LogP contribution in [0.1, 0.15) is 6.42 Å². The highest BCUT2D eigenvalue weighted by atomic mass is 32.2. The number of halogens is 1. The van der Waals surface area contributed by atoms with Crippen molar-refractivity contribution in [1.29, 1.82) is 0 Å². The fraction of sp³-hybridized carbons (Fsp3) is 0.364. The Bertz CT molecular complexity index is 1200. The number of rotatable bonds is 4. The van der Waals surface area contributed by atoms with Crippen LogP contribution >= 0.6 is 0 Å². The summed E-state index contributed by atoms with van der Waals surface area (Å²) in [4.78, 5) is 28.5. The quantitative estimate of drug-likeness (QED) is 0.614. The number of piperazine rings is 1. The number of amides is 2. The van der Waals surface area contributed by atoms with Crippen molar-refractivity contribution in [1.82, 2.24) is 9.21 Å². The molecule has 1 atom stereocenters. The van der Waals surface area contributed by atoms with Crippen LogP contribution in [0.25, 0.3) is 0 Å². The molecule has 0 unspecified atom stereocenters. The third kappa shape index (κ3) is 3.96. The number of carbonyl (C=O) groups excluding carboxylic acids is 2. The van der Waals surface area contributed by atoms with Crippen LogP contribution in [0.3, 0.4) is 0 Å². The van der Waals surface area contributed by atoms with E-state index in [0.29, 0.717) is 43.5 Å². The summed E-state index contributed by atoms with van der Waals surface area (Å²) in [5.74, 6) is -0.278. The van der Waals surface area contributed by atoms with Crippen LogP contribution in [0.5, 0.6) is 11.5 Å². The Morgan fingerprint density at radius 2 is 1.55 bits per heavy atom. The Morgan fingerprint density at radius 3 is 2.24 bits per heavy atom. The van der Waals surface area contributed by atoms with Gasteiger partial charge in [0.2, 0.25) is 15.9 Å². The van der Waals surface area contributed by atoms with Crippen LogP contribution in [-0.4, -0.2) is 74.9 Å². The number of carbonyl (C=O) groups is 2. The lowest BCUT2D eigenvalue weighted by atomic mass is 10.2. The molecule has 0 spiro atoms.